The highest BCUT2D eigenvalue weighted by Gasteiger charge is 2.29. The number of rotatable bonds is 9. The molecule has 1 N–H and O–H groups in total. The van der Waals surface area contributed by atoms with E-state index in [2.05, 4.69) is 29.0 Å². The van der Waals surface area contributed by atoms with Crippen LogP contribution in [0.3, 0.4) is 0 Å². The molecule has 1 aliphatic heterocycles. The van der Waals surface area contributed by atoms with Gasteiger partial charge in [0.25, 0.3) is 0 Å². The molecule has 0 spiro atoms. The molecule has 0 aromatic rings. The Morgan fingerprint density at radius 2 is 1.95 bits per heavy atom. The first-order chi connectivity index (χ1) is 9.12. The monoisotopic (exact) mass is 270 g/mol. The van der Waals surface area contributed by atoms with E-state index in [9.17, 15) is 4.79 Å². The number of carbonyl (C=O) groups is 1. The van der Waals surface area contributed by atoms with Gasteiger partial charge in [0.1, 0.15) is 0 Å². The largest absolute Gasteiger partial charge is 0.344 e. The number of likely N-dealkylation sites (tertiary alicyclic amines) is 1. The highest BCUT2D eigenvalue weighted by Crippen LogP contribution is 2.14. The van der Waals surface area contributed by atoms with Crippen molar-refractivity contribution in [3.8, 4) is 0 Å². The molecule has 0 saturated carbocycles. The molecule has 1 amide bonds. The van der Waals surface area contributed by atoms with Crippen LogP contribution in [0, 0.1) is 0 Å². The Balaban J connectivity index is 2.13. The lowest BCUT2D eigenvalue weighted by Crippen LogP contribution is -2.60. The Bertz CT molecular complexity index is 262. The van der Waals surface area contributed by atoms with E-state index < -0.39 is 0 Å². The zero-order chi connectivity index (χ0) is 14.3. The van der Waals surface area contributed by atoms with Crippen LogP contribution in [0.4, 0.5) is 0 Å². The van der Waals surface area contributed by atoms with Gasteiger partial charge in [-0.3, -0.25) is 14.6 Å². The van der Waals surface area contributed by atoms with E-state index >= 15 is 0 Å². The van der Waals surface area contributed by atoms with Crippen molar-refractivity contribution < 1.29 is 4.79 Å². The molecule has 0 aromatic carbocycles. The van der Waals surface area contributed by atoms with Gasteiger partial charge in [0.2, 0.25) is 5.91 Å². The van der Waals surface area contributed by atoms with Crippen LogP contribution in [0.1, 0.15) is 20.3 Å². The molecule has 112 valence electrons. The lowest BCUT2D eigenvalue weighted by molar-refractivity contribution is -0.130. The fourth-order valence-corrected chi connectivity index (χ4v) is 2.54. The van der Waals surface area contributed by atoms with Crippen molar-refractivity contribution in [3.63, 3.8) is 0 Å². The molecular formula is C14H30N4O. The van der Waals surface area contributed by atoms with Gasteiger partial charge in [0.15, 0.2) is 0 Å². The number of nitrogens with zero attached hydrogens (tertiary/aromatic N) is 3. The van der Waals surface area contributed by atoms with Crippen molar-refractivity contribution in [2.24, 2.45) is 0 Å². The predicted molar refractivity (Wildman–Crippen MR) is 79.3 cm³/mol. The summed E-state index contributed by atoms with van der Waals surface area (Å²) in [5, 5.41) is 3.01. The number of amides is 1. The molecule has 1 heterocycles. The van der Waals surface area contributed by atoms with E-state index in [0.717, 1.165) is 51.9 Å². The standard InChI is InChI=1S/C14H30N4O/c1-5-18(6-2)13-11-17(12-13)10-9-16(4)14(19)7-8-15-3/h13,15H,5-12H2,1-4H3. The average molecular weight is 270 g/mol. The Hall–Kier alpha value is -0.650. The molecule has 0 radical (unpaired) electrons. The Morgan fingerprint density at radius 3 is 2.47 bits per heavy atom. The van der Waals surface area contributed by atoms with E-state index in [1.54, 1.807) is 0 Å². The van der Waals surface area contributed by atoms with E-state index in [0.29, 0.717) is 6.42 Å². The highest BCUT2D eigenvalue weighted by atomic mass is 16.2. The lowest BCUT2D eigenvalue weighted by atomic mass is 10.1. The number of likely N-dealkylation sites (N-methyl/N-ethyl adjacent to an activating group) is 2. The van der Waals surface area contributed by atoms with E-state index in [4.69, 9.17) is 0 Å². The molecule has 1 rings (SSSR count). The van der Waals surface area contributed by atoms with E-state index in [1.807, 2.05) is 19.0 Å². The Kier molecular flexibility index (Phi) is 7.34. The van der Waals surface area contributed by atoms with Crippen LogP contribution in [0.2, 0.25) is 0 Å². The topological polar surface area (TPSA) is 38.8 Å². The normalized spacial score (nSPS) is 16.7. The summed E-state index contributed by atoms with van der Waals surface area (Å²) in [4.78, 5) is 18.5. The van der Waals surface area contributed by atoms with Crippen LogP contribution in [-0.2, 0) is 4.79 Å². The van der Waals surface area contributed by atoms with Gasteiger partial charge in [-0.15, -0.1) is 0 Å². The maximum absolute atomic E-state index is 11.7. The SMILES string of the molecule is CCN(CC)C1CN(CCN(C)C(=O)CCNC)C1. The molecule has 0 unspecified atom stereocenters. The third kappa shape index (κ3) is 5.09. The summed E-state index contributed by atoms with van der Waals surface area (Å²) in [6, 6.07) is 0.722. The molecule has 5 heteroatoms. The molecular weight excluding hydrogens is 240 g/mol. The second-order valence-electron chi connectivity index (χ2n) is 5.30. The predicted octanol–water partition coefficient (Wildman–Crippen LogP) is 0.0803. The molecule has 1 fully saturated rings. The van der Waals surface area contributed by atoms with Crippen molar-refractivity contribution in [2.45, 2.75) is 26.3 Å². The molecule has 5 nitrogen and oxygen atoms in total. The molecule has 1 aliphatic rings. The van der Waals surface area contributed by atoms with Crippen LogP contribution in [0.25, 0.3) is 0 Å². The third-order valence-electron chi connectivity index (χ3n) is 4.03. The Labute approximate surface area is 117 Å². The number of hydrogen-bond donors (Lipinski definition) is 1. The number of nitrogens with one attached hydrogen (secondary N) is 1. The van der Waals surface area contributed by atoms with Crippen molar-refractivity contribution in [1.29, 1.82) is 0 Å². The zero-order valence-corrected chi connectivity index (χ0v) is 13.0. The fraction of sp³-hybridized carbons (Fsp3) is 0.929. The van der Waals surface area contributed by atoms with Gasteiger partial charge < -0.3 is 10.2 Å². The maximum atomic E-state index is 11.7. The first kappa shape index (κ1) is 16.4. The quantitative estimate of drug-likeness (QED) is 0.644. The smallest absolute Gasteiger partial charge is 0.223 e. The summed E-state index contributed by atoms with van der Waals surface area (Å²) in [5.74, 6) is 0.232. The fourth-order valence-electron chi connectivity index (χ4n) is 2.54. The number of hydrogen-bond acceptors (Lipinski definition) is 4. The second-order valence-corrected chi connectivity index (χ2v) is 5.30. The van der Waals surface area contributed by atoms with Crippen molar-refractivity contribution >= 4 is 5.91 Å². The zero-order valence-electron chi connectivity index (χ0n) is 13.0. The van der Waals surface area contributed by atoms with Gasteiger partial charge in [0.05, 0.1) is 0 Å². The van der Waals surface area contributed by atoms with E-state index in [1.165, 1.54) is 0 Å². The molecule has 0 aromatic heterocycles. The summed E-state index contributed by atoms with van der Waals surface area (Å²) in [6.45, 7) is 11.6. The van der Waals surface area contributed by atoms with Gasteiger partial charge in [-0.05, 0) is 20.1 Å². The van der Waals surface area contributed by atoms with Gasteiger partial charge in [-0.25, -0.2) is 0 Å². The number of carbonyl (C=O) groups excluding carboxylic acids is 1. The third-order valence-corrected chi connectivity index (χ3v) is 4.03. The van der Waals surface area contributed by atoms with Gasteiger partial charge >= 0.3 is 0 Å². The van der Waals surface area contributed by atoms with E-state index in [-0.39, 0.29) is 5.91 Å². The van der Waals surface area contributed by atoms with Crippen molar-refractivity contribution in [1.82, 2.24) is 20.0 Å². The summed E-state index contributed by atoms with van der Waals surface area (Å²) in [5.41, 5.74) is 0. The van der Waals surface area contributed by atoms with Crippen molar-refractivity contribution in [3.05, 3.63) is 0 Å². The molecule has 19 heavy (non-hydrogen) atoms. The minimum atomic E-state index is 0.232. The van der Waals surface area contributed by atoms with Crippen LogP contribution >= 0.6 is 0 Å². The maximum Gasteiger partial charge on any atom is 0.223 e. The highest BCUT2D eigenvalue weighted by molar-refractivity contribution is 5.76. The molecule has 0 atom stereocenters. The van der Waals surface area contributed by atoms with Crippen molar-refractivity contribution in [2.75, 3.05) is 59.9 Å². The molecule has 0 bridgehead atoms. The first-order valence-corrected chi connectivity index (χ1v) is 7.47. The van der Waals surface area contributed by atoms with Crippen LogP contribution in [0.15, 0.2) is 0 Å². The summed E-state index contributed by atoms with van der Waals surface area (Å²) < 4.78 is 0. The minimum absolute atomic E-state index is 0.232. The summed E-state index contributed by atoms with van der Waals surface area (Å²) in [6.07, 6.45) is 0.592. The van der Waals surface area contributed by atoms with Gasteiger partial charge in [0, 0.05) is 52.2 Å². The molecule has 0 aliphatic carbocycles. The van der Waals surface area contributed by atoms with Crippen LogP contribution in [0.5, 0.6) is 0 Å². The minimum Gasteiger partial charge on any atom is -0.344 e. The van der Waals surface area contributed by atoms with Crippen LogP contribution < -0.4 is 5.32 Å². The first-order valence-electron chi connectivity index (χ1n) is 7.47. The van der Waals surface area contributed by atoms with Crippen LogP contribution in [-0.4, -0.2) is 86.6 Å². The Morgan fingerprint density at radius 1 is 1.32 bits per heavy atom. The summed E-state index contributed by atoms with van der Waals surface area (Å²) in [7, 11) is 3.78. The van der Waals surface area contributed by atoms with Gasteiger partial charge in [-0.2, -0.15) is 0 Å². The summed E-state index contributed by atoms with van der Waals surface area (Å²) >= 11 is 0. The molecule has 1 saturated heterocycles. The van der Waals surface area contributed by atoms with Gasteiger partial charge in [-0.1, -0.05) is 13.8 Å². The average Bonchev–Trinajstić information content (AvgIpc) is 2.38. The second kappa shape index (κ2) is 8.51. The lowest BCUT2D eigenvalue weighted by Gasteiger charge is -2.45.